The fourth-order valence-electron chi connectivity index (χ4n) is 2.38. The van der Waals surface area contributed by atoms with E-state index in [2.05, 4.69) is 45.2 Å². The summed E-state index contributed by atoms with van der Waals surface area (Å²) in [4.78, 5) is 14.4. The number of benzene rings is 1. The van der Waals surface area contributed by atoms with Crippen molar-refractivity contribution in [2.75, 3.05) is 16.0 Å². The molecule has 1 fully saturated rings. The van der Waals surface area contributed by atoms with Gasteiger partial charge in [0.2, 0.25) is 5.91 Å². The highest BCUT2D eigenvalue weighted by atomic mass is 127. The van der Waals surface area contributed by atoms with Gasteiger partial charge in [0.15, 0.2) is 0 Å². The lowest BCUT2D eigenvalue weighted by atomic mass is 10.1. The second-order valence-electron chi connectivity index (χ2n) is 4.71. The number of rotatable bonds is 5. The monoisotopic (exact) mass is 485 g/mol. The number of halogens is 2. The van der Waals surface area contributed by atoms with Crippen LogP contribution < -0.4 is 4.74 Å². The number of carbonyl (C=O) groups excluding carboxylic acids is 1. The molecule has 104 valence electrons. The van der Waals surface area contributed by atoms with E-state index in [4.69, 9.17) is 4.74 Å². The summed E-state index contributed by atoms with van der Waals surface area (Å²) in [6.45, 7) is 0.712. The summed E-state index contributed by atoms with van der Waals surface area (Å²) < 4.78 is 7.08. The molecule has 1 aromatic carbocycles. The maximum Gasteiger partial charge on any atom is 0.227 e. The molecule has 1 aliphatic rings. The van der Waals surface area contributed by atoms with Crippen LogP contribution in [-0.4, -0.2) is 32.8 Å². The van der Waals surface area contributed by atoms with Gasteiger partial charge < -0.3 is 9.64 Å². The van der Waals surface area contributed by atoms with Crippen molar-refractivity contribution >= 4 is 51.1 Å². The van der Waals surface area contributed by atoms with Crippen molar-refractivity contribution in [2.45, 2.75) is 19.0 Å². The van der Waals surface area contributed by atoms with E-state index in [0.717, 1.165) is 26.6 Å². The highest BCUT2D eigenvalue weighted by molar-refractivity contribution is 14.1. The van der Waals surface area contributed by atoms with E-state index in [1.807, 2.05) is 29.2 Å². The van der Waals surface area contributed by atoms with Crippen molar-refractivity contribution in [1.29, 1.82) is 0 Å². The maximum atomic E-state index is 12.3. The van der Waals surface area contributed by atoms with Crippen molar-refractivity contribution in [3.8, 4) is 5.75 Å². The number of amides is 1. The van der Waals surface area contributed by atoms with Gasteiger partial charge in [-0.05, 0) is 24.1 Å². The van der Waals surface area contributed by atoms with E-state index in [-0.39, 0.29) is 5.92 Å². The van der Waals surface area contributed by atoms with Crippen molar-refractivity contribution in [2.24, 2.45) is 5.92 Å². The predicted molar refractivity (Wildman–Crippen MR) is 93.2 cm³/mol. The molecule has 0 bridgehead atoms. The van der Waals surface area contributed by atoms with Gasteiger partial charge in [0.25, 0.3) is 0 Å². The van der Waals surface area contributed by atoms with Crippen LogP contribution in [0, 0.1) is 5.92 Å². The summed E-state index contributed by atoms with van der Waals surface area (Å²) in [6, 6.07) is 8.35. The molecule has 1 aliphatic heterocycles. The van der Waals surface area contributed by atoms with Gasteiger partial charge >= 0.3 is 0 Å². The van der Waals surface area contributed by atoms with Gasteiger partial charge in [-0.15, -0.1) is 0 Å². The Morgan fingerprint density at radius 3 is 2.47 bits per heavy atom. The number of methoxy groups -OCH3 is 1. The topological polar surface area (TPSA) is 29.5 Å². The number of nitrogens with zero attached hydrogens (tertiary/aromatic N) is 1. The molecule has 0 unspecified atom stereocenters. The molecule has 0 radical (unpaired) electrons. The summed E-state index contributed by atoms with van der Waals surface area (Å²) in [5, 5.41) is 0. The second-order valence-corrected chi connectivity index (χ2v) is 6.47. The van der Waals surface area contributed by atoms with Crippen LogP contribution in [0.1, 0.15) is 12.0 Å². The van der Waals surface area contributed by atoms with E-state index in [9.17, 15) is 4.79 Å². The third-order valence-corrected chi connectivity index (χ3v) is 5.59. The first-order valence-electron chi connectivity index (χ1n) is 6.25. The van der Waals surface area contributed by atoms with Gasteiger partial charge in [-0.1, -0.05) is 57.3 Å². The minimum atomic E-state index is 0.207. The van der Waals surface area contributed by atoms with Crippen LogP contribution in [0.25, 0.3) is 0 Å². The molecule has 0 N–H and O–H groups in total. The predicted octanol–water partition coefficient (Wildman–Crippen LogP) is 3.28. The lowest BCUT2D eigenvalue weighted by Crippen LogP contribution is -2.34. The van der Waals surface area contributed by atoms with E-state index < -0.39 is 0 Å². The molecule has 0 spiro atoms. The van der Waals surface area contributed by atoms with Crippen LogP contribution in [0.4, 0.5) is 0 Å². The molecule has 3 nitrogen and oxygen atoms in total. The Morgan fingerprint density at radius 1 is 1.26 bits per heavy atom. The van der Waals surface area contributed by atoms with Crippen LogP contribution >= 0.6 is 45.2 Å². The maximum absolute atomic E-state index is 12.3. The molecule has 2 rings (SSSR count). The molecule has 1 heterocycles. The Balaban J connectivity index is 2.09. The second kappa shape index (κ2) is 7.10. The number of ether oxygens (including phenoxy) is 1. The zero-order valence-electron chi connectivity index (χ0n) is 10.8. The van der Waals surface area contributed by atoms with Gasteiger partial charge in [0.05, 0.1) is 7.11 Å². The molecule has 1 aromatic rings. The fraction of sp³-hybridized carbons (Fsp3) is 0.500. The summed E-state index contributed by atoms with van der Waals surface area (Å²) in [5.41, 5.74) is 1.16. The zero-order chi connectivity index (χ0) is 13.8. The number of hydrogen-bond acceptors (Lipinski definition) is 2. The fourth-order valence-corrected chi connectivity index (χ4v) is 3.95. The van der Waals surface area contributed by atoms with Crippen LogP contribution in [-0.2, 0) is 11.3 Å². The standard InChI is InChI=1S/C14H17I2NO2/c1-19-13-4-2-10(3-5-13)9-17-12(8-16)6-11(7-15)14(17)18/h2-5,11-12H,6-9H2,1H3/t11-,12-/m1/s1. The van der Waals surface area contributed by atoms with E-state index >= 15 is 0 Å². The first-order chi connectivity index (χ1) is 9.19. The lowest BCUT2D eigenvalue weighted by Gasteiger charge is -2.23. The SMILES string of the molecule is COc1ccc(CN2C(=O)[C@@H](CI)C[C@@H]2CI)cc1. The summed E-state index contributed by atoms with van der Waals surface area (Å²) in [5.74, 6) is 1.37. The Kier molecular flexibility index (Phi) is 5.73. The third-order valence-electron chi connectivity index (χ3n) is 3.51. The number of alkyl halides is 2. The van der Waals surface area contributed by atoms with Crippen LogP contribution in [0.5, 0.6) is 5.75 Å². The molecular formula is C14H17I2NO2. The van der Waals surface area contributed by atoms with Gasteiger partial charge in [-0.25, -0.2) is 0 Å². The number of hydrogen-bond donors (Lipinski definition) is 0. The average Bonchev–Trinajstić information content (AvgIpc) is 2.76. The molecule has 0 aliphatic carbocycles. The molecule has 1 amide bonds. The van der Waals surface area contributed by atoms with Crippen molar-refractivity contribution in [3.63, 3.8) is 0 Å². The minimum Gasteiger partial charge on any atom is -0.497 e. The Labute approximate surface area is 141 Å². The van der Waals surface area contributed by atoms with Gasteiger partial charge in [-0.3, -0.25) is 4.79 Å². The highest BCUT2D eigenvalue weighted by Gasteiger charge is 2.37. The molecule has 5 heteroatoms. The first-order valence-corrected chi connectivity index (χ1v) is 9.30. The Morgan fingerprint density at radius 2 is 1.95 bits per heavy atom. The summed E-state index contributed by atoms with van der Waals surface area (Å²) >= 11 is 4.69. The molecule has 1 saturated heterocycles. The molecular weight excluding hydrogens is 468 g/mol. The minimum absolute atomic E-state index is 0.207. The van der Waals surface area contributed by atoms with E-state index in [1.165, 1.54) is 0 Å². The van der Waals surface area contributed by atoms with E-state index in [0.29, 0.717) is 18.5 Å². The number of carbonyl (C=O) groups is 1. The van der Waals surface area contributed by atoms with Crippen LogP contribution in [0.15, 0.2) is 24.3 Å². The summed E-state index contributed by atoms with van der Waals surface area (Å²) in [7, 11) is 1.66. The number of likely N-dealkylation sites (tertiary alicyclic amines) is 1. The van der Waals surface area contributed by atoms with E-state index in [1.54, 1.807) is 7.11 Å². The van der Waals surface area contributed by atoms with Crippen LogP contribution in [0.2, 0.25) is 0 Å². The van der Waals surface area contributed by atoms with Gasteiger partial charge in [0.1, 0.15) is 5.75 Å². The molecule has 0 aromatic heterocycles. The molecule has 2 atom stereocenters. The zero-order valence-corrected chi connectivity index (χ0v) is 15.1. The first kappa shape index (κ1) is 15.3. The smallest absolute Gasteiger partial charge is 0.227 e. The summed E-state index contributed by atoms with van der Waals surface area (Å²) in [6.07, 6.45) is 1.00. The largest absolute Gasteiger partial charge is 0.497 e. The average molecular weight is 485 g/mol. The van der Waals surface area contributed by atoms with Crippen LogP contribution in [0.3, 0.4) is 0 Å². The highest BCUT2D eigenvalue weighted by Crippen LogP contribution is 2.29. The Bertz CT molecular complexity index is 436. The van der Waals surface area contributed by atoms with Crippen molar-refractivity contribution in [3.05, 3.63) is 29.8 Å². The van der Waals surface area contributed by atoms with Crippen molar-refractivity contribution in [1.82, 2.24) is 4.90 Å². The lowest BCUT2D eigenvalue weighted by molar-refractivity contribution is -0.131. The third kappa shape index (κ3) is 3.53. The van der Waals surface area contributed by atoms with Gasteiger partial charge in [-0.2, -0.15) is 0 Å². The molecule has 0 saturated carbocycles. The quantitative estimate of drug-likeness (QED) is 0.474. The molecule has 19 heavy (non-hydrogen) atoms. The normalized spacial score (nSPS) is 22.9. The van der Waals surface area contributed by atoms with Gasteiger partial charge in [0, 0.05) is 27.4 Å². The Hall–Kier alpha value is -0.0500. The van der Waals surface area contributed by atoms with Crippen molar-refractivity contribution < 1.29 is 9.53 Å².